The Morgan fingerprint density at radius 3 is 2.49 bits per heavy atom. The van der Waals surface area contributed by atoms with E-state index in [-0.39, 0.29) is 23.6 Å². The van der Waals surface area contributed by atoms with Gasteiger partial charge < -0.3 is 21.3 Å². The van der Waals surface area contributed by atoms with Crippen LogP contribution in [0.3, 0.4) is 0 Å². The minimum atomic E-state index is -3.72. The fraction of sp³-hybridized carbons (Fsp3) is 0.500. The first-order valence-electron chi connectivity index (χ1n) is 11.5. The molecule has 1 unspecified atom stereocenters. The summed E-state index contributed by atoms with van der Waals surface area (Å²) < 4.78 is 22.8. The predicted molar refractivity (Wildman–Crippen MR) is 142 cm³/mol. The Kier molecular flexibility index (Phi) is 9.99. The minimum absolute atomic E-state index is 0.208. The molecule has 1 aromatic rings. The molecule has 0 radical (unpaired) electrons. The maximum atomic E-state index is 13.6. The summed E-state index contributed by atoms with van der Waals surface area (Å²) in [6.07, 6.45) is 2.69. The van der Waals surface area contributed by atoms with Gasteiger partial charge in [0, 0.05) is 18.4 Å². The van der Waals surface area contributed by atoms with Crippen LogP contribution in [0, 0.1) is 16.7 Å². The van der Waals surface area contributed by atoms with Crippen molar-refractivity contribution >= 4 is 56.4 Å². The van der Waals surface area contributed by atoms with Crippen molar-refractivity contribution < 1.29 is 22.8 Å². The number of nitriles is 1. The summed E-state index contributed by atoms with van der Waals surface area (Å²) in [7, 11) is -3.72. The van der Waals surface area contributed by atoms with E-state index in [0.29, 0.717) is 18.5 Å². The van der Waals surface area contributed by atoms with Gasteiger partial charge in [-0.3, -0.25) is 14.4 Å². The number of likely N-dealkylation sites (tertiary alicyclic amines) is 1. The Balaban J connectivity index is 2.26. The highest BCUT2D eigenvalue weighted by atomic mass is 35.5. The summed E-state index contributed by atoms with van der Waals surface area (Å²) in [5, 5.41) is 14.7. The normalized spacial score (nSPS) is 18.0. The lowest BCUT2D eigenvalue weighted by Crippen LogP contribution is -2.58. The van der Waals surface area contributed by atoms with Crippen molar-refractivity contribution in [2.24, 2.45) is 5.41 Å². The van der Waals surface area contributed by atoms with Crippen molar-refractivity contribution in [2.45, 2.75) is 58.2 Å². The first kappa shape index (κ1) is 30.4. The van der Waals surface area contributed by atoms with Crippen LogP contribution in [0.4, 0.5) is 5.69 Å². The van der Waals surface area contributed by atoms with Crippen molar-refractivity contribution in [3.8, 4) is 6.07 Å². The Bertz CT molecular complexity index is 1240. The number of carbonyl (C=O) groups excluding carboxylic acids is 3. The number of nitrogens with two attached hydrogens (primary N) is 1. The third-order valence-corrected chi connectivity index (χ3v) is 7.95. The molecule has 1 heterocycles. The molecule has 0 bridgehead atoms. The van der Waals surface area contributed by atoms with E-state index in [0.717, 1.165) is 12.3 Å². The van der Waals surface area contributed by atoms with E-state index in [1.54, 1.807) is 20.8 Å². The van der Waals surface area contributed by atoms with Crippen LogP contribution in [0.2, 0.25) is 5.02 Å². The minimum Gasteiger partial charge on any atom is -0.398 e. The molecule has 1 fully saturated rings. The maximum Gasteiger partial charge on any atom is 0.252 e. The number of benzene rings is 1. The van der Waals surface area contributed by atoms with Gasteiger partial charge in [0.25, 0.3) is 5.91 Å². The summed E-state index contributed by atoms with van der Waals surface area (Å²) in [6, 6.07) is 3.47. The van der Waals surface area contributed by atoms with E-state index < -0.39 is 55.5 Å². The van der Waals surface area contributed by atoms with Gasteiger partial charge in [0.1, 0.15) is 16.4 Å². The molecule has 2 rings (SSSR count). The summed E-state index contributed by atoms with van der Waals surface area (Å²) in [5.74, 6) is -1.52. The number of rotatable bonds is 8. The number of anilines is 1. The molecule has 1 aliphatic heterocycles. The average molecular weight is 573 g/mol. The summed E-state index contributed by atoms with van der Waals surface area (Å²) >= 11 is 11.8. The molecule has 3 atom stereocenters. The largest absolute Gasteiger partial charge is 0.398 e. The van der Waals surface area contributed by atoms with Crippen LogP contribution >= 0.6 is 23.2 Å². The lowest BCUT2D eigenvalue weighted by atomic mass is 9.85. The van der Waals surface area contributed by atoms with Crippen LogP contribution in [0.5, 0.6) is 0 Å². The van der Waals surface area contributed by atoms with Crippen LogP contribution in [0.15, 0.2) is 28.6 Å². The van der Waals surface area contributed by atoms with Gasteiger partial charge in [-0.05, 0) is 42.5 Å². The monoisotopic (exact) mass is 571 g/mol. The molecule has 0 aromatic heterocycles. The molecule has 3 amide bonds. The molecule has 4 N–H and O–H groups in total. The van der Waals surface area contributed by atoms with E-state index in [1.807, 2.05) is 6.07 Å². The number of halogens is 2. The number of hydrogen-bond donors (Lipinski definition) is 3. The lowest BCUT2D eigenvalue weighted by molar-refractivity contribution is -0.142. The number of nitrogen functional groups attached to an aromatic ring is 1. The summed E-state index contributed by atoms with van der Waals surface area (Å²) in [4.78, 5) is 41.1. The van der Waals surface area contributed by atoms with Gasteiger partial charge in [-0.2, -0.15) is 5.26 Å². The Hall–Kier alpha value is -2.81. The van der Waals surface area contributed by atoms with E-state index in [4.69, 9.17) is 34.2 Å². The van der Waals surface area contributed by atoms with Crippen molar-refractivity contribution in [2.75, 3.05) is 18.5 Å². The van der Waals surface area contributed by atoms with E-state index in [2.05, 4.69) is 10.6 Å². The molecule has 0 spiro atoms. The van der Waals surface area contributed by atoms with Gasteiger partial charge in [0.15, 0.2) is 9.84 Å². The first-order chi connectivity index (χ1) is 17.1. The smallest absolute Gasteiger partial charge is 0.252 e. The molecular weight excluding hydrogens is 541 g/mol. The van der Waals surface area contributed by atoms with Crippen LogP contribution < -0.4 is 16.4 Å². The molecule has 13 heteroatoms. The highest BCUT2D eigenvalue weighted by molar-refractivity contribution is 7.96. The standard InChI is InChI=1S/C24H31Cl2N5O5S/c1-24(2,3)20(30-21(32)14-7-8-17(28)16(25)12-14)23(34)31-11-5-6-18(31)22(33)29-15(9-10-27)13-19(26)37(4,35)36/h7-8,12-13,15,18,20H,5-6,9,11,28H2,1-4H3,(H,29,33)(H,30,32)/b19-13+/t15-,18+,20?/m0/s1. The molecule has 0 saturated carbocycles. The zero-order valence-electron chi connectivity index (χ0n) is 21.0. The number of nitrogens with one attached hydrogen (secondary N) is 2. The average Bonchev–Trinajstić information content (AvgIpc) is 3.27. The highest BCUT2D eigenvalue weighted by Gasteiger charge is 2.42. The van der Waals surface area contributed by atoms with Crippen LogP contribution in [0.1, 0.15) is 50.4 Å². The molecule has 1 saturated heterocycles. The molecule has 10 nitrogen and oxygen atoms in total. The maximum absolute atomic E-state index is 13.6. The van der Waals surface area contributed by atoms with Gasteiger partial charge in [-0.1, -0.05) is 44.0 Å². The zero-order chi connectivity index (χ0) is 28.1. The summed E-state index contributed by atoms with van der Waals surface area (Å²) in [5.41, 5.74) is 5.55. The van der Waals surface area contributed by atoms with Gasteiger partial charge in [0.05, 0.1) is 29.2 Å². The molecule has 1 aromatic carbocycles. The van der Waals surface area contributed by atoms with Crippen molar-refractivity contribution in [3.63, 3.8) is 0 Å². The van der Waals surface area contributed by atoms with Gasteiger partial charge >= 0.3 is 0 Å². The molecule has 202 valence electrons. The van der Waals surface area contributed by atoms with Crippen LogP contribution in [0.25, 0.3) is 0 Å². The third kappa shape index (κ3) is 8.09. The van der Waals surface area contributed by atoms with Crippen molar-refractivity contribution in [3.05, 3.63) is 39.2 Å². The predicted octanol–water partition coefficient (Wildman–Crippen LogP) is 2.58. The SMILES string of the molecule is CC(C)(C)C(NC(=O)c1ccc(N)c(Cl)c1)C(=O)N1CCC[C@@H]1C(=O)N[C@H](/C=C(\Cl)S(C)(=O)=O)CC#N. The van der Waals surface area contributed by atoms with Crippen molar-refractivity contribution in [1.82, 2.24) is 15.5 Å². The van der Waals surface area contributed by atoms with Crippen LogP contribution in [-0.2, 0) is 19.4 Å². The van der Waals surface area contributed by atoms with E-state index in [1.165, 1.54) is 23.1 Å². The zero-order valence-corrected chi connectivity index (χ0v) is 23.4. The second kappa shape index (κ2) is 12.2. The Labute approximate surface area is 227 Å². The Morgan fingerprint density at radius 1 is 1.30 bits per heavy atom. The number of carbonyl (C=O) groups is 3. The first-order valence-corrected chi connectivity index (χ1v) is 14.1. The van der Waals surface area contributed by atoms with Gasteiger partial charge in [-0.15, -0.1) is 0 Å². The number of amides is 3. The lowest BCUT2D eigenvalue weighted by Gasteiger charge is -2.35. The molecule has 1 aliphatic rings. The van der Waals surface area contributed by atoms with E-state index >= 15 is 0 Å². The molecular formula is C24H31Cl2N5O5S. The highest BCUT2D eigenvalue weighted by Crippen LogP contribution is 2.27. The summed E-state index contributed by atoms with van der Waals surface area (Å²) in [6.45, 7) is 5.66. The number of hydrogen-bond acceptors (Lipinski definition) is 7. The van der Waals surface area contributed by atoms with Gasteiger partial charge in [-0.25, -0.2) is 8.42 Å². The van der Waals surface area contributed by atoms with Crippen LogP contribution in [-0.4, -0.2) is 62.0 Å². The quantitative estimate of drug-likeness (QED) is 0.403. The number of nitrogens with zero attached hydrogens (tertiary/aromatic N) is 2. The second-order valence-electron chi connectivity index (χ2n) is 9.92. The third-order valence-electron chi connectivity index (χ3n) is 5.81. The second-order valence-corrected chi connectivity index (χ2v) is 12.9. The van der Waals surface area contributed by atoms with Crippen molar-refractivity contribution in [1.29, 1.82) is 5.26 Å². The van der Waals surface area contributed by atoms with E-state index in [9.17, 15) is 22.8 Å². The fourth-order valence-corrected chi connectivity index (χ4v) is 4.56. The molecule has 37 heavy (non-hydrogen) atoms. The van der Waals surface area contributed by atoms with Gasteiger partial charge in [0.2, 0.25) is 11.8 Å². The Morgan fingerprint density at radius 2 is 1.95 bits per heavy atom. The molecule has 0 aliphatic carbocycles. The topological polar surface area (TPSA) is 162 Å². The number of sulfone groups is 1. The fourth-order valence-electron chi connectivity index (χ4n) is 3.81.